The maximum absolute atomic E-state index is 9.69. The van der Waals surface area contributed by atoms with Gasteiger partial charge in [0, 0.05) is 13.2 Å². The molecule has 2 atom stereocenters. The molecule has 0 saturated heterocycles. The normalized spacial score (nSPS) is 15.1. The monoisotopic (exact) mass is 241 g/mol. The first-order chi connectivity index (χ1) is 8.09. The van der Waals surface area contributed by atoms with Crippen molar-refractivity contribution in [3.05, 3.63) is 24.2 Å². The van der Waals surface area contributed by atoms with E-state index in [4.69, 9.17) is 9.15 Å². The Morgan fingerprint density at radius 2 is 2.12 bits per heavy atom. The van der Waals surface area contributed by atoms with Gasteiger partial charge in [0.15, 0.2) is 0 Å². The average Bonchev–Trinajstić information content (AvgIpc) is 2.78. The van der Waals surface area contributed by atoms with Crippen LogP contribution in [0.1, 0.15) is 32.6 Å². The van der Waals surface area contributed by atoms with Gasteiger partial charge < -0.3 is 19.6 Å². The lowest BCUT2D eigenvalue weighted by Gasteiger charge is -2.16. The molecule has 1 heterocycles. The first-order valence-corrected chi connectivity index (χ1v) is 6.12. The van der Waals surface area contributed by atoms with E-state index in [0.29, 0.717) is 25.7 Å². The number of ether oxygens (including phenoxy) is 1. The quantitative estimate of drug-likeness (QED) is 0.730. The van der Waals surface area contributed by atoms with E-state index in [0.717, 1.165) is 5.76 Å². The van der Waals surface area contributed by atoms with Crippen molar-refractivity contribution in [2.75, 3.05) is 19.8 Å². The van der Waals surface area contributed by atoms with Crippen molar-refractivity contribution in [3.63, 3.8) is 0 Å². The van der Waals surface area contributed by atoms with Crippen molar-refractivity contribution in [1.29, 1.82) is 0 Å². The summed E-state index contributed by atoms with van der Waals surface area (Å²) in [5.41, 5.74) is 0. The second-order valence-electron chi connectivity index (χ2n) is 4.73. The number of rotatable bonds is 8. The Hall–Kier alpha value is -0.840. The SMILES string of the molecule is CC(C)COCC(O)CN[C@@H](C)c1ccco1. The highest BCUT2D eigenvalue weighted by Gasteiger charge is 2.10. The number of aliphatic hydroxyl groups excluding tert-OH is 1. The minimum absolute atomic E-state index is 0.102. The fraction of sp³-hybridized carbons (Fsp3) is 0.692. The topological polar surface area (TPSA) is 54.6 Å². The van der Waals surface area contributed by atoms with E-state index >= 15 is 0 Å². The number of hydrogen-bond donors (Lipinski definition) is 2. The van der Waals surface area contributed by atoms with Crippen molar-refractivity contribution in [3.8, 4) is 0 Å². The van der Waals surface area contributed by atoms with Crippen LogP contribution in [0.15, 0.2) is 22.8 Å². The van der Waals surface area contributed by atoms with Gasteiger partial charge in [0.05, 0.1) is 25.0 Å². The molecule has 1 aromatic heterocycles. The molecule has 0 aromatic carbocycles. The van der Waals surface area contributed by atoms with Gasteiger partial charge >= 0.3 is 0 Å². The molecule has 0 aliphatic heterocycles. The molecule has 98 valence electrons. The zero-order valence-electron chi connectivity index (χ0n) is 10.8. The van der Waals surface area contributed by atoms with E-state index < -0.39 is 6.10 Å². The largest absolute Gasteiger partial charge is 0.468 e. The van der Waals surface area contributed by atoms with Gasteiger partial charge in [0.25, 0.3) is 0 Å². The first-order valence-electron chi connectivity index (χ1n) is 6.12. The van der Waals surface area contributed by atoms with Gasteiger partial charge in [-0.3, -0.25) is 0 Å². The Bertz CT molecular complexity index is 285. The van der Waals surface area contributed by atoms with Crippen LogP contribution < -0.4 is 5.32 Å². The van der Waals surface area contributed by atoms with Gasteiger partial charge in [-0.25, -0.2) is 0 Å². The second-order valence-corrected chi connectivity index (χ2v) is 4.73. The summed E-state index contributed by atoms with van der Waals surface area (Å²) in [6.45, 7) is 7.73. The van der Waals surface area contributed by atoms with Gasteiger partial charge in [0.2, 0.25) is 0 Å². The number of hydrogen-bond acceptors (Lipinski definition) is 4. The van der Waals surface area contributed by atoms with E-state index in [1.54, 1.807) is 6.26 Å². The fourth-order valence-corrected chi connectivity index (χ4v) is 1.45. The molecule has 2 N–H and O–H groups in total. The van der Waals surface area contributed by atoms with Crippen LogP contribution in [0.3, 0.4) is 0 Å². The molecule has 1 unspecified atom stereocenters. The molecule has 0 radical (unpaired) electrons. The Balaban J connectivity index is 2.13. The van der Waals surface area contributed by atoms with Crippen LogP contribution in [0.4, 0.5) is 0 Å². The lowest BCUT2D eigenvalue weighted by Crippen LogP contribution is -2.32. The summed E-state index contributed by atoms with van der Waals surface area (Å²) in [4.78, 5) is 0. The lowest BCUT2D eigenvalue weighted by molar-refractivity contribution is 0.0249. The van der Waals surface area contributed by atoms with Crippen LogP contribution in [-0.4, -0.2) is 31.0 Å². The maximum Gasteiger partial charge on any atom is 0.120 e. The third-order valence-electron chi connectivity index (χ3n) is 2.39. The predicted molar refractivity (Wildman–Crippen MR) is 66.8 cm³/mol. The molecule has 0 aliphatic carbocycles. The molecule has 0 saturated carbocycles. The van der Waals surface area contributed by atoms with E-state index in [2.05, 4.69) is 19.2 Å². The average molecular weight is 241 g/mol. The molecule has 4 nitrogen and oxygen atoms in total. The second kappa shape index (κ2) is 7.48. The predicted octanol–water partition coefficient (Wildman–Crippen LogP) is 1.96. The van der Waals surface area contributed by atoms with Gasteiger partial charge in [-0.1, -0.05) is 13.8 Å². The van der Waals surface area contributed by atoms with Gasteiger partial charge in [-0.05, 0) is 25.0 Å². The summed E-state index contributed by atoms with van der Waals surface area (Å²) < 4.78 is 10.6. The molecule has 0 fully saturated rings. The van der Waals surface area contributed by atoms with Gasteiger partial charge in [0.1, 0.15) is 5.76 Å². The molecule has 4 heteroatoms. The van der Waals surface area contributed by atoms with Gasteiger partial charge in [-0.2, -0.15) is 0 Å². The van der Waals surface area contributed by atoms with Crippen LogP contribution in [-0.2, 0) is 4.74 Å². The van der Waals surface area contributed by atoms with Crippen molar-refractivity contribution in [1.82, 2.24) is 5.32 Å². The zero-order chi connectivity index (χ0) is 12.7. The summed E-state index contributed by atoms with van der Waals surface area (Å²) in [5, 5.41) is 12.9. The summed E-state index contributed by atoms with van der Waals surface area (Å²) >= 11 is 0. The third-order valence-corrected chi connectivity index (χ3v) is 2.39. The molecule has 0 amide bonds. The van der Waals surface area contributed by atoms with E-state index in [1.807, 2.05) is 19.1 Å². The highest BCUT2D eigenvalue weighted by molar-refractivity contribution is 5.02. The van der Waals surface area contributed by atoms with E-state index in [1.165, 1.54) is 0 Å². The highest BCUT2D eigenvalue weighted by Crippen LogP contribution is 2.11. The minimum Gasteiger partial charge on any atom is -0.468 e. The molecule has 1 rings (SSSR count). The number of nitrogens with one attached hydrogen (secondary N) is 1. The van der Waals surface area contributed by atoms with Crippen LogP contribution in [0.2, 0.25) is 0 Å². The smallest absolute Gasteiger partial charge is 0.120 e. The number of aliphatic hydroxyl groups is 1. The molecule has 0 bridgehead atoms. The minimum atomic E-state index is -0.480. The van der Waals surface area contributed by atoms with Crippen LogP contribution in [0, 0.1) is 5.92 Å². The Kier molecular flexibility index (Phi) is 6.26. The third kappa shape index (κ3) is 5.86. The van der Waals surface area contributed by atoms with Crippen molar-refractivity contribution >= 4 is 0 Å². The van der Waals surface area contributed by atoms with Gasteiger partial charge in [-0.15, -0.1) is 0 Å². The van der Waals surface area contributed by atoms with E-state index in [-0.39, 0.29) is 6.04 Å². The van der Waals surface area contributed by atoms with Crippen LogP contribution >= 0.6 is 0 Å². The summed E-state index contributed by atoms with van der Waals surface area (Å²) in [7, 11) is 0. The highest BCUT2D eigenvalue weighted by atomic mass is 16.5. The first kappa shape index (κ1) is 14.2. The number of furan rings is 1. The van der Waals surface area contributed by atoms with Crippen molar-refractivity contribution in [2.45, 2.75) is 32.9 Å². The molecule has 0 aliphatic rings. The molecule has 0 spiro atoms. The fourth-order valence-electron chi connectivity index (χ4n) is 1.45. The van der Waals surface area contributed by atoms with Crippen molar-refractivity contribution < 1.29 is 14.3 Å². The van der Waals surface area contributed by atoms with E-state index in [9.17, 15) is 5.11 Å². The molecule has 17 heavy (non-hydrogen) atoms. The Labute approximate surface area is 103 Å². The van der Waals surface area contributed by atoms with Crippen LogP contribution in [0.5, 0.6) is 0 Å². The van der Waals surface area contributed by atoms with Crippen LogP contribution in [0.25, 0.3) is 0 Å². The standard InChI is InChI=1S/C13H23NO3/c1-10(2)8-16-9-12(15)7-14-11(3)13-5-4-6-17-13/h4-6,10-12,14-15H,7-9H2,1-3H3/t11-,12?/m0/s1. The lowest BCUT2D eigenvalue weighted by atomic mass is 10.2. The Morgan fingerprint density at radius 1 is 1.35 bits per heavy atom. The summed E-state index contributed by atoms with van der Waals surface area (Å²) in [5.74, 6) is 1.37. The molecule has 1 aromatic rings. The Morgan fingerprint density at radius 3 is 2.71 bits per heavy atom. The van der Waals surface area contributed by atoms with Crippen molar-refractivity contribution in [2.24, 2.45) is 5.92 Å². The molecular weight excluding hydrogens is 218 g/mol. The maximum atomic E-state index is 9.69. The summed E-state index contributed by atoms with van der Waals surface area (Å²) in [6, 6.07) is 3.87. The molecular formula is C13H23NO3. The zero-order valence-corrected chi connectivity index (χ0v) is 10.8. The summed E-state index contributed by atoms with van der Waals surface area (Å²) in [6.07, 6.45) is 1.17.